The van der Waals surface area contributed by atoms with Gasteiger partial charge in [0.05, 0.1) is 5.92 Å². The van der Waals surface area contributed by atoms with Gasteiger partial charge in [-0.15, -0.1) is 0 Å². The van der Waals surface area contributed by atoms with E-state index in [9.17, 15) is 9.59 Å². The Morgan fingerprint density at radius 2 is 1.95 bits per heavy atom. The van der Waals surface area contributed by atoms with Crippen LogP contribution in [0.15, 0.2) is 0 Å². The molecule has 2 amide bonds. The maximum absolute atomic E-state index is 12.6. The third-order valence-corrected chi connectivity index (χ3v) is 3.95. The van der Waals surface area contributed by atoms with E-state index in [0.29, 0.717) is 19.6 Å². The predicted molar refractivity (Wildman–Crippen MR) is 77.7 cm³/mol. The molecule has 1 unspecified atom stereocenters. The maximum atomic E-state index is 12.6. The molecular formula is C14H27N3O3. The molecule has 0 saturated carbocycles. The molecule has 1 fully saturated rings. The minimum absolute atomic E-state index is 0.0133. The van der Waals surface area contributed by atoms with Gasteiger partial charge in [0, 0.05) is 32.2 Å². The first kappa shape index (κ1) is 16.8. The fraction of sp³-hybridized carbons (Fsp3) is 0.857. The van der Waals surface area contributed by atoms with Gasteiger partial charge in [0.25, 0.3) is 0 Å². The molecule has 1 heterocycles. The number of hydrogen-bond donors (Lipinski definition) is 1. The van der Waals surface area contributed by atoms with Crippen molar-refractivity contribution in [2.45, 2.75) is 26.8 Å². The van der Waals surface area contributed by atoms with Crippen LogP contribution in [0.3, 0.4) is 0 Å². The van der Waals surface area contributed by atoms with Crippen LogP contribution in [0.4, 0.5) is 4.79 Å². The number of rotatable bonds is 5. The van der Waals surface area contributed by atoms with E-state index in [1.165, 1.54) is 0 Å². The van der Waals surface area contributed by atoms with E-state index in [0.717, 1.165) is 6.54 Å². The molecule has 20 heavy (non-hydrogen) atoms. The number of carbonyl (C=O) groups is 2. The largest absolute Gasteiger partial charge is 0.481 e. The number of hydrogen-bond acceptors (Lipinski definition) is 3. The van der Waals surface area contributed by atoms with Crippen LogP contribution >= 0.6 is 0 Å². The standard InChI is InChI=1S/C14H27N3O3/c1-6-17(11(3)8-15(4)5)14(20)16-7-10(2)12(9-16)13(18)19/h10-12H,6-9H2,1-5H3,(H,18,19)/t10-,11?,12-/m1/s1. The van der Waals surface area contributed by atoms with E-state index in [2.05, 4.69) is 0 Å². The third-order valence-electron chi connectivity index (χ3n) is 3.95. The number of carbonyl (C=O) groups excluding carboxylic acids is 1. The second kappa shape index (κ2) is 6.92. The molecule has 1 rings (SSSR count). The summed E-state index contributed by atoms with van der Waals surface area (Å²) in [6.45, 7) is 8.16. The van der Waals surface area contributed by atoms with Crippen LogP contribution in [0.5, 0.6) is 0 Å². The smallest absolute Gasteiger partial charge is 0.320 e. The van der Waals surface area contributed by atoms with Crippen molar-refractivity contribution in [2.75, 3.05) is 40.3 Å². The van der Waals surface area contributed by atoms with Crippen molar-refractivity contribution in [1.29, 1.82) is 0 Å². The summed E-state index contributed by atoms with van der Waals surface area (Å²) in [5.41, 5.74) is 0. The fourth-order valence-corrected chi connectivity index (χ4v) is 2.89. The normalized spacial score (nSPS) is 24.0. The van der Waals surface area contributed by atoms with Crippen LogP contribution in [-0.2, 0) is 4.79 Å². The zero-order chi connectivity index (χ0) is 15.4. The Labute approximate surface area is 121 Å². The first-order chi connectivity index (χ1) is 9.27. The van der Waals surface area contributed by atoms with Crippen LogP contribution in [0, 0.1) is 11.8 Å². The molecule has 0 bridgehead atoms. The van der Waals surface area contributed by atoms with Gasteiger partial charge in [-0.05, 0) is 33.9 Å². The second-order valence-electron chi connectivity index (χ2n) is 6.01. The summed E-state index contributed by atoms with van der Waals surface area (Å²) in [4.78, 5) is 29.2. The van der Waals surface area contributed by atoms with Crippen LogP contribution in [0.1, 0.15) is 20.8 Å². The molecule has 1 aliphatic heterocycles. The Balaban J connectivity index is 2.70. The van der Waals surface area contributed by atoms with Crippen LogP contribution in [-0.4, -0.2) is 78.1 Å². The Bertz CT molecular complexity index is 360. The van der Waals surface area contributed by atoms with Gasteiger partial charge >= 0.3 is 12.0 Å². The van der Waals surface area contributed by atoms with Crippen molar-refractivity contribution in [2.24, 2.45) is 11.8 Å². The quantitative estimate of drug-likeness (QED) is 0.819. The van der Waals surface area contributed by atoms with Gasteiger partial charge in [0.15, 0.2) is 0 Å². The highest BCUT2D eigenvalue weighted by Gasteiger charge is 2.38. The summed E-state index contributed by atoms with van der Waals surface area (Å²) in [7, 11) is 3.96. The summed E-state index contributed by atoms with van der Waals surface area (Å²) in [5, 5.41) is 9.15. The van der Waals surface area contributed by atoms with Gasteiger partial charge in [0.2, 0.25) is 0 Å². The Kier molecular flexibility index (Phi) is 5.80. The van der Waals surface area contributed by atoms with Gasteiger partial charge in [0.1, 0.15) is 0 Å². The Morgan fingerprint density at radius 1 is 1.35 bits per heavy atom. The van der Waals surface area contributed by atoms with Crippen molar-refractivity contribution < 1.29 is 14.7 Å². The molecule has 6 nitrogen and oxygen atoms in total. The van der Waals surface area contributed by atoms with Crippen LogP contribution < -0.4 is 0 Å². The molecule has 0 aromatic rings. The SMILES string of the molecule is CCN(C(=O)N1C[C@@H](C)[C@H](C(=O)O)C1)C(C)CN(C)C. The maximum Gasteiger partial charge on any atom is 0.320 e. The lowest BCUT2D eigenvalue weighted by molar-refractivity contribution is -0.142. The molecule has 1 aliphatic rings. The van der Waals surface area contributed by atoms with E-state index >= 15 is 0 Å². The van der Waals surface area contributed by atoms with Gasteiger partial charge in [-0.2, -0.15) is 0 Å². The van der Waals surface area contributed by atoms with E-state index < -0.39 is 11.9 Å². The number of aliphatic carboxylic acids is 1. The minimum Gasteiger partial charge on any atom is -0.481 e. The molecule has 0 radical (unpaired) electrons. The lowest BCUT2D eigenvalue weighted by Gasteiger charge is -2.33. The first-order valence-corrected chi connectivity index (χ1v) is 7.21. The lowest BCUT2D eigenvalue weighted by atomic mass is 9.99. The predicted octanol–water partition coefficient (Wildman–Crippen LogP) is 1.03. The highest BCUT2D eigenvalue weighted by Crippen LogP contribution is 2.24. The summed E-state index contributed by atoms with van der Waals surface area (Å²) < 4.78 is 0. The lowest BCUT2D eigenvalue weighted by Crippen LogP contribution is -2.49. The number of likely N-dealkylation sites (N-methyl/N-ethyl adjacent to an activating group) is 2. The summed E-state index contributed by atoms with van der Waals surface area (Å²) in [5.74, 6) is -1.24. The highest BCUT2D eigenvalue weighted by atomic mass is 16.4. The van der Waals surface area contributed by atoms with Gasteiger partial charge < -0.3 is 19.8 Å². The molecule has 0 aromatic carbocycles. The zero-order valence-electron chi connectivity index (χ0n) is 13.2. The molecule has 0 aromatic heterocycles. The van der Waals surface area contributed by atoms with Crippen molar-refractivity contribution in [3.63, 3.8) is 0 Å². The second-order valence-corrected chi connectivity index (χ2v) is 6.01. The van der Waals surface area contributed by atoms with Gasteiger partial charge in [-0.3, -0.25) is 4.79 Å². The number of likely N-dealkylation sites (tertiary alicyclic amines) is 1. The molecule has 0 aliphatic carbocycles. The summed E-state index contributed by atoms with van der Waals surface area (Å²) in [6.07, 6.45) is 0. The summed E-state index contributed by atoms with van der Waals surface area (Å²) >= 11 is 0. The monoisotopic (exact) mass is 285 g/mol. The number of amides is 2. The molecular weight excluding hydrogens is 258 g/mol. The third kappa shape index (κ3) is 3.85. The van der Waals surface area contributed by atoms with Gasteiger partial charge in [-0.25, -0.2) is 4.79 Å². The van der Waals surface area contributed by atoms with Crippen molar-refractivity contribution in [3.8, 4) is 0 Å². The van der Waals surface area contributed by atoms with E-state index in [1.807, 2.05) is 44.7 Å². The van der Waals surface area contributed by atoms with E-state index in [4.69, 9.17) is 5.11 Å². The number of nitrogens with zero attached hydrogens (tertiary/aromatic N) is 3. The molecule has 3 atom stereocenters. The van der Waals surface area contributed by atoms with Crippen molar-refractivity contribution in [3.05, 3.63) is 0 Å². The molecule has 0 spiro atoms. The fourth-order valence-electron chi connectivity index (χ4n) is 2.89. The number of carboxylic acids is 1. The molecule has 1 N–H and O–H groups in total. The minimum atomic E-state index is -0.808. The van der Waals surface area contributed by atoms with E-state index in [-0.39, 0.29) is 18.0 Å². The van der Waals surface area contributed by atoms with E-state index in [1.54, 1.807) is 4.90 Å². The number of urea groups is 1. The van der Waals surface area contributed by atoms with Crippen molar-refractivity contribution >= 4 is 12.0 Å². The summed E-state index contributed by atoms with van der Waals surface area (Å²) in [6, 6.07) is 0.0686. The van der Waals surface area contributed by atoms with Gasteiger partial charge in [-0.1, -0.05) is 6.92 Å². The van der Waals surface area contributed by atoms with Crippen LogP contribution in [0.2, 0.25) is 0 Å². The average molecular weight is 285 g/mol. The molecule has 1 saturated heterocycles. The Hall–Kier alpha value is -1.30. The average Bonchev–Trinajstić information content (AvgIpc) is 2.71. The first-order valence-electron chi connectivity index (χ1n) is 7.21. The zero-order valence-corrected chi connectivity index (χ0v) is 13.2. The topological polar surface area (TPSA) is 64.1 Å². The molecule has 6 heteroatoms. The highest BCUT2D eigenvalue weighted by molar-refractivity contribution is 5.78. The number of carboxylic acid groups (broad SMARTS) is 1. The van der Waals surface area contributed by atoms with Crippen molar-refractivity contribution in [1.82, 2.24) is 14.7 Å². The molecule has 116 valence electrons. The Morgan fingerprint density at radius 3 is 2.35 bits per heavy atom. The van der Waals surface area contributed by atoms with Crippen LogP contribution in [0.25, 0.3) is 0 Å².